The monoisotopic (exact) mass is 414 g/mol. The van der Waals surface area contributed by atoms with E-state index in [1.807, 2.05) is 55.6 Å². The van der Waals surface area contributed by atoms with Crippen molar-refractivity contribution >= 4 is 45.8 Å². The number of fused-ring (bicyclic) bond motifs is 1. The molecule has 0 radical (unpaired) electrons. The largest absolute Gasteiger partial charge is 0.350 e. The quantitative estimate of drug-likeness (QED) is 0.452. The maximum absolute atomic E-state index is 12.6. The third-order valence-electron chi connectivity index (χ3n) is 4.12. The van der Waals surface area contributed by atoms with Gasteiger partial charge >= 0.3 is 0 Å². The van der Waals surface area contributed by atoms with Crippen LogP contribution in [0.4, 0.5) is 0 Å². The molecule has 2 amide bonds. The molecule has 0 saturated carbocycles. The van der Waals surface area contributed by atoms with Crippen molar-refractivity contribution in [2.75, 3.05) is 18.8 Å². The normalized spacial score (nSPS) is 10.8. The summed E-state index contributed by atoms with van der Waals surface area (Å²) in [6.07, 6.45) is 0. The first-order chi connectivity index (χ1) is 13.6. The number of nitrogens with one attached hydrogen (secondary N) is 1. The van der Waals surface area contributed by atoms with Crippen LogP contribution in [0.1, 0.15) is 17.6 Å². The van der Waals surface area contributed by atoms with Crippen molar-refractivity contribution in [3.63, 3.8) is 0 Å². The van der Waals surface area contributed by atoms with E-state index in [1.54, 1.807) is 16.2 Å². The number of carbonyl (C=O) groups excluding carboxylic acids is 2. The van der Waals surface area contributed by atoms with E-state index in [0.717, 1.165) is 20.8 Å². The number of nitrogens with zero attached hydrogens (tertiary/aromatic N) is 3. The maximum Gasteiger partial charge on any atom is 0.239 e. The molecule has 1 N–H and O–H groups in total. The van der Waals surface area contributed by atoms with Crippen LogP contribution in [0.5, 0.6) is 0 Å². The van der Waals surface area contributed by atoms with Crippen molar-refractivity contribution < 1.29 is 9.59 Å². The van der Waals surface area contributed by atoms with Crippen molar-refractivity contribution in [1.29, 1.82) is 0 Å². The summed E-state index contributed by atoms with van der Waals surface area (Å²) < 4.78 is 0. The Morgan fingerprint density at radius 2 is 2.00 bits per heavy atom. The zero-order valence-electron chi connectivity index (χ0n) is 15.8. The standard InChI is InChI=1S/C20H22N4O2S2/c1-3-24(12-18(25)21-11-15-7-6-10-27-15)19(26)13-28-20-16-8-4-5-9-17(16)22-14(2)23-20/h4-10H,3,11-13H2,1-2H3,(H,21,25). The van der Waals surface area contributed by atoms with Gasteiger partial charge in [0.25, 0.3) is 0 Å². The maximum atomic E-state index is 12.6. The van der Waals surface area contributed by atoms with E-state index in [4.69, 9.17) is 0 Å². The Kier molecular flexibility index (Phi) is 7.00. The number of amides is 2. The van der Waals surface area contributed by atoms with Gasteiger partial charge in [0.15, 0.2) is 0 Å². The molecular formula is C20H22N4O2S2. The highest BCUT2D eigenvalue weighted by Crippen LogP contribution is 2.25. The number of carbonyl (C=O) groups is 2. The lowest BCUT2D eigenvalue weighted by Crippen LogP contribution is -2.41. The minimum Gasteiger partial charge on any atom is -0.350 e. The van der Waals surface area contributed by atoms with Gasteiger partial charge in [-0.1, -0.05) is 36.0 Å². The number of hydrogen-bond acceptors (Lipinski definition) is 6. The van der Waals surface area contributed by atoms with Gasteiger partial charge in [-0.2, -0.15) is 0 Å². The molecule has 2 aromatic heterocycles. The van der Waals surface area contributed by atoms with Crippen molar-refractivity contribution in [1.82, 2.24) is 20.2 Å². The number of para-hydroxylation sites is 1. The number of thioether (sulfide) groups is 1. The molecule has 3 aromatic rings. The Hall–Kier alpha value is -2.45. The SMILES string of the molecule is CCN(CC(=O)NCc1cccs1)C(=O)CSc1nc(C)nc2ccccc12. The molecule has 2 heterocycles. The van der Waals surface area contributed by atoms with Gasteiger partial charge in [-0.3, -0.25) is 9.59 Å². The fourth-order valence-electron chi connectivity index (χ4n) is 2.69. The molecule has 0 aliphatic heterocycles. The first-order valence-corrected chi connectivity index (χ1v) is 10.9. The molecule has 0 spiro atoms. The molecule has 146 valence electrons. The zero-order chi connectivity index (χ0) is 19.9. The van der Waals surface area contributed by atoms with E-state index in [1.165, 1.54) is 11.8 Å². The molecule has 0 unspecified atom stereocenters. The number of aryl methyl sites for hydroxylation is 1. The first kappa shape index (κ1) is 20.3. The van der Waals surface area contributed by atoms with Crippen molar-refractivity contribution in [3.05, 3.63) is 52.5 Å². The van der Waals surface area contributed by atoms with Crippen molar-refractivity contribution in [3.8, 4) is 0 Å². The number of thiophene rings is 1. The number of benzene rings is 1. The number of hydrogen-bond donors (Lipinski definition) is 1. The number of likely N-dealkylation sites (N-methyl/N-ethyl adjacent to an activating group) is 1. The second-order valence-electron chi connectivity index (χ2n) is 6.15. The van der Waals surface area contributed by atoms with Crippen LogP contribution < -0.4 is 5.32 Å². The zero-order valence-corrected chi connectivity index (χ0v) is 17.5. The third kappa shape index (κ3) is 5.30. The van der Waals surface area contributed by atoms with E-state index in [2.05, 4.69) is 15.3 Å². The van der Waals surface area contributed by atoms with Crippen molar-refractivity contribution in [2.24, 2.45) is 0 Å². The molecule has 28 heavy (non-hydrogen) atoms. The van der Waals surface area contributed by atoms with Crippen LogP contribution >= 0.6 is 23.1 Å². The molecule has 0 saturated heterocycles. The average molecular weight is 415 g/mol. The van der Waals surface area contributed by atoms with E-state index < -0.39 is 0 Å². The number of rotatable bonds is 8. The molecule has 0 atom stereocenters. The van der Waals surface area contributed by atoms with Crippen LogP contribution in [-0.4, -0.2) is 45.5 Å². The predicted octanol–water partition coefficient (Wildman–Crippen LogP) is 3.26. The summed E-state index contributed by atoms with van der Waals surface area (Å²) in [7, 11) is 0. The molecule has 3 rings (SSSR count). The minimum absolute atomic E-state index is 0.0603. The van der Waals surface area contributed by atoms with Crippen LogP contribution in [0.15, 0.2) is 46.8 Å². The highest BCUT2D eigenvalue weighted by molar-refractivity contribution is 8.00. The Balaban J connectivity index is 1.57. The molecule has 8 heteroatoms. The predicted molar refractivity (Wildman–Crippen MR) is 113 cm³/mol. The van der Waals surface area contributed by atoms with Gasteiger partial charge in [-0.25, -0.2) is 9.97 Å². The molecule has 1 aromatic carbocycles. The van der Waals surface area contributed by atoms with E-state index in [-0.39, 0.29) is 24.1 Å². The van der Waals surface area contributed by atoms with Crippen LogP contribution in [0, 0.1) is 6.92 Å². The fourth-order valence-corrected chi connectivity index (χ4v) is 4.31. The molecular weight excluding hydrogens is 392 g/mol. The third-order valence-corrected chi connectivity index (χ3v) is 5.97. The summed E-state index contributed by atoms with van der Waals surface area (Å²) in [4.78, 5) is 36.4. The van der Waals surface area contributed by atoms with Gasteiger partial charge in [-0.15, -0.1) is 11.3 Å². The van der Waals surface area contributed by atoms with Gasteiger partial charge in [0.1, 0.15) is 10.9 Å². The summed E-state index contributed by atoms with van der Waals surface area (Å²) in [5, 5.41) is 6.55. The van der Waals surface area contributed by atoms with Crippen LogP contribution in [0.3, 0.4) is 0 Å². The van der Waals surface area contributed by atoms with Crippen LogP contribution in [-0.2, 0) is 16.1 Å². The van der Waals surface area contributed by atoms with Crippen LogP contribution in [0.25, 0.3) is 10.9 Å². The van der Waals surface area contributed by atoms with Gasteiger partial charge in [0.05, 0.1) is 24.4 Å². The van der Waals surface area contributed by atoms with Gasteiger partial charge in [0.2, 0.25) is 11.8 Å². The Morgan fingerprint density at radius 3 is 2.75 bits per heavy atom. The molecule has 0 bridgehead atoms. The smallest absolute Gasteiger partial charge is 0.239 e. The highest BCUT2D eigenvalue weighted by Gasteiger charge is 2.17. The van der Waals surface area contributed by atoms with E-state index >= 15 is 0 Å². The average Bonchev–Trinajstić information content (AvgIpc) is 3.22. The second kappa shape index (κ2) is 9.66. The Labute approximate surface area is 172 Å². The van der Waals surface area contributed by atoms with E-state index in [9.17, 15) is 9.59 Å². The molecule has 6 nitrogen and oxygen atoms in total. The minimum atomic E-state index is -0.156. The summed E-state index contributed by atoms with van der Waals surface area (Å²) in [6.45, 7) is 4.75. The fraction of sp³-hybridized carbons (Fsp3) is 0.300. The Morgan fingerprint density at radius 1 is 1.18 bits per heavy atom. The number of aromatic nitrogens is 2. The summed E-state index contributed by atoms with van der Waals surface area (Å²) in [5.41, 5.74) is 0.866. The lowest BCUT2D eigenvalue weighted by atomic mass is 10.2. The summed E-state index contributed by atoms with van der Waals surface area (Å²) >= 11 is 2.97. The Bertz CT molecular complexity index is 960. The summed E-state index contributed by atoms with van der Waals surface area (Å²) in [5.74, 6) is 0.664. The molecule has 0 fully saturated rings. The topological polar surface area (TPSA) is 75.2 Å². The van der Waals surface area contributed by atoms with Crippen molar-refractivity contribution in [2.45, 2.75) is 25.4 Å². The van der Waals surface area contributed by atoms with Gasteiger partial charge < -0.3 is 10.2 Å². The van der Waals surface area contributed by atoms with E-state index in [0.29, 0.717) is 18.9 Å². The molecule has 0 aliphatic carbocycles. The van der Waals surface area contributed by atoms with Gasteiger partial charge in [-0.05, 0) is 31.4 Å². The van der Waals surface area contributed by atoms with Crippen LogP contribution in [0.2, 0.25) is 0 Å². The summed E-state index contributed by atoms with van der Waals surface area (Å²) in [6, 6.07) is 11.7. The first-order valence-electron chi connectivity index (χ1n) is 9.00. The lowest BCUT2D eigenvalue weighted by molar-refractivity contribution is -0.133. The molecule has 0 aliphatic rings. The van der Waals surface area contributed by atoms with Gasteiger partial charge in [0, 0.05) is 16.8 Å². The lowest BCUT2D eigenvalue weighted by Gasteiger charge is -2.20. The second-order valence-corrected chi connectivity index (χ2v) is 8.14. The highest BCUT2D eigenvalue weighted by atomic mass is 32.2.